The van der Waals surface area contributed by atoms with E-state index in [0.29, 0.717) is 55.8 Å². The Morgan fingerprint density at radius 3 is 2.45 bits per heavy atom. The molecule has 204 valence electrons. The van der Waals surface area contributed by atoms with E-state index < -0.39 is 15.6 Å². The quantitative estimate of drug-likeness (QED) is 0.312. The lowest BCUT2D eigenvalue weighted by atomic mass is 10.2. The van der Waals surface area contributed by atoms with E-state index in [1.807, 2.05) is 35.2 Å². The number of anilines is 1. The zero-order valence-electron chi connectivity index (χ0n) is 21.5. The molecule has 4 rings (SSSR count). The number of piperazine rings is 1. The molecule has 1 aliphatic rings. The summed E-state index contributed by atoms with van der Waals surface area (Å²) < 4.78 is 40.3. The lowest BCUT2D eigenvalue weighted by Crippen LogP contribution is -2.49. The Bertz CT molecular complexity index is 1360. The molecule has 0 atom stereocenters. The molecule has 1 aliphatic heterocycles. The van der Waals surface area contributed by atoms with Crippen LogP contribution in [0.1, 0.15) is 25.3 Å². The molecular weight excluding hydrogens is 528 g/mol. The fraction of sp³-hybridized carbons (Fsp3) is 0.407. The minimum absolute atomic E-state index is 0.0442. The van der Waals surface area contributed by atoms with Gasteiger partial charge in [0, 0.05) is 37.8 Å². The first-order valence-corrected chi connectivity index (χ1v) is 14.7. The van der Waals surface area contributed by atoms with Crippen LogP contribution in [0.3, 0.4) is 0 Å². The van der Waals surface area contributed by atoms with Crippen LogP contribution in [0.4, 0.5) is 5.69 Å². The number of ether oxygens (including phenoxy) is 2. The highest BCUT2D eigenvalue weighted by Gasteiger charge is 2.29. The summed E-state index contributed by atoms with van der Waals surface area (Å²) in [5.41, 5.74) is 1.38. The molecule has 0 spiro atoms. The van der Waals surface area contributed by atoms with Gasteiger partial charge in [0.25, 0.3) is 0 Å². The molecule has 0 unspecified atom stereocenters. The number of hydrogen-bond donors (Lipinski definition) is 0. The summed E-state index contributed by atoms with van der Waals surface area (Å²) in [4.78, 5) is 15.4. The van der Waals surface area contributed by atoms with Crippen molar-refractivity contribution in [2.24, 2.45) is 0 Å². The summed E-state index contributed by atoms with van der Waals surface area (Å²) in [6.07, 6.45) is 3.58. The Kier molecular flexibility index (Phi) is 9.79. The molecule has 1 saturated heterocycles. The fourth-order valence-corrected chi connectivity index (χ4v) is 5.92. The van der Waals surface area contributed by atoms with Crippen molar-refractivity contribution in [3.05, 3.63) is 81.7 Å². The van der Waals surface area contributed by atoms with Crippen LogP contribution in [0.5, 0.6) is 5.75 Å². The lowest BCUT2D eigenvalue weighted by molar-refractivity contribution is 0.0974. The molecule has 0 saturated carbocycles. The van der Waals surface area contributed by atoms with E-state index in [9.17, 15) is 13.2 Å². The highest BCUT2D eigenvalue weighted by atomic mass is 35.5. The van der Waals surface area contributed by atoms with Gasteiger partial charge in [-0.15, -0.1) is 0 Å². The monoisotopic (exact) mass is 560 g/mol. The fourth-order valence-electron chi connectivity index (χ4n) is 4.22. The Morgan fingerprint density at radius 2 is 1.74 bits per heavy atom. The summed E-state index contributed by atoms with van der Waals surface area (Å²) in [7, 11) is -3.47. The van der Waals surface area contributed by atoms with Crippen LogP contribution in [0.2, 0.25) is 5.02 Å². The van der Waals surface area contributed by atoms with Crippen molar-refractivity contribution in [3.63, 3.8) is 0 Å². The van der Waals surface area contributed by atoms with Gasteiger partial charge in [0.1, 0.15) is 12.3 Å². The SMILES string of the molecule is CCCCOCCOc1c(N2CCN(S(=O)(=O)Cc3ccccc3)CC2)cnn(-c2cccc(Cl)c2)c1=O. The Morgan fingerprint density at radius 1 is 0.974 bits per heavy atom. The van der Waals surface area contributed by atoms with Crippen molar-refractivity contribution in [1.82, 2.24) is 14.1 Å². The van der Waals surface area contributed by atoms with Gasteiger partial charge >= 0.3 is 5.56 Å². The molecule has 11 heteroatoms. The van der Waals surface area contributed by atoms with Crippen molar-refractivity contribution < 1.29 is 17.9 Å². The van der Waals surface area contributed by atoms with E-state index in [1.54, 1.807) is 30.5 Å². The number of halogens is 1. The van der Waals surface area contributed by atoms with Crippen molar-refractivity contribution in [2.45, 2.75) is 25.5 Å². The van der Waals surface area contributed by atoms with Crippen molar-refractivity contribution in [3.8, 4) is 11.4 Å². The first kappa shape index (κ1) is 28.1. The number of aromatic nitrogens is 2. The van der Waals surface area contributed by atoms with E-state index in [1.165, 1.54) is 8.99 Å². The molecule has 1 fully saturated rings. The smallest absolute Gasteiger partial charge is 0.316 e. The van der Waals surface area contributed by atoms with Crippen molar-refractivity contribution >= 4 is 27.3 Å². The highest BCUT2D eigenvalue weighted by molar-refractivity contribution is 7.88. The van der Waals surface area contributed by atoms with E-state index in [4.69, 9.17) is 21.1 Å². The van der Waals surface area contributed by atoms with Gasteiger partial charge < -0.3 is 14.4 Å². The second-order valence-electron chi connectivity index (χ2n) is 9.00. The van der Waals surface area contributed by atoms with Gasteiger partial charge in [-0.3, -0.25) is 4.79 Å². The molecule has 9 nitrogen and oxygen atoms in total. The van der Waals surface area contributed by atoms with Crippen LogP contribution in [0, 0.1) is 0 Å². The second-order valence-corrected chi connectivity index (χ2v) is 11.4. The Balaban J connectivity index is 1.51. The zero-order valence-corrected chi connectivity index (χ0v) is 23.0. The van der Waals surface area contributed by atoms with Gasteiger partial charge in [0.15, 0.2) is 0 Å². The van der Waals surface area contributed by atoms with Crippen molar-refractivity contribution in [2.75, 3.05) is 50.9 Å². The third-order valence-electron chi connectivity index (χ3n) is 6.25. The van der Waals surface area contributed by atoms with Crippen LogP contribution < -0.4 is 15.2 Å². The highest BCUT2D eigenvalue weighted by Crippen LogP contribution is 2.27. The largest absolute Gasteiger partial charge is 0.484 e. The predicted molar refractivity (Wildman–Crippen MR) is 149 cm³/mol. The van der Waals surface area contributed by atoms with Crippen LogP contribution >= 0.6 is 11.6 Å². The molecule has 2 heterocycles. The molecule has 0 bridgehead atoms. The first-order valence-electron chi connectivity index (χ1n) is 12.7. The van der Waals surface area contributed by atoms with E-state index in [2.05, 4.69) is 12.0 Å². The first-order chi connectivity index (χ1) is 18.4. The minimum Gasteiger partial charge on any atom is -0.484 e. The minimum atomic E-state index is -3.47. The normalized spacial score (nSPS) is 14.5. The van der Waals surface area contributed by atoms with E-state index in [-0.39, 0.29) is 18.1 Å². The summed E-state index contributed by atoms with van der Waals surface area (Å²) >= 11 is 6.13. The van der Waals surface area contributed by atoms with Crippen LogP contribution in [-0.2, 0) is 20.5 Å². The second kappa shape index (κ2) is 13.2. The lowest BCUT2D eigenvalue weighted by Gasteiger charge is -2.35. The molecule has 0 amide bonds. The molecule has 0 radical (unpaired) electrons. The van der Waals surface area contributed by atoms with Gasteiger partial charge in [0.05, 0.1) is 24.2 Å². The van der Waals surface area contributed by atoms with Gasteiger partial charge in [0.2, 0.25) is 15.8 Å². The van der Waals surface area contributed by atoms with Crippen LogP contribution in [0.25, 0.3) is 5.69 Å². The molecule has 2 aromatic carbocycles. The number of rotatable bonds is 12. The number of unbranched alkanes of at least 4 members (excludes halogenated alkanes) is 1. The topological polar surface area (TPSA) is 94.0 Å². The third kappa shape index (κ3) is 7.13. The van der Waals surface area contributed by atoms with Gasteiger partial charge in [-0.05, 0) is 30.2 Å². The summed E-state index contributed by atoms with van der Waals surface area (Å²) in [5.74, 6) is 0.108. The van der Waals surface area contributed by atoms with Crippen LogP contribution in [0.15, 0.2) is 65.6 Å². The third-order valence-corrected chi connectivity index (χ3v) is 8.33. The molecule has 0 N–H and O–H groups in total. The standard InChI is InChI=1S/C27H33ClN4O5S/c1-2-3-16-36-17-18-37-26-25(20-29-32(27(26)33)24-11-7-10-23(28)19-24)30-12-14-31(15-13-30)38(34,35)21-22-8-5-4-6-9-22/h4-11,19-20H,2-3,12-18,21H2,1H3. The predicted octanol–water partition coefficient (Wildman–Crippen LogP) is 3.73. The Labute approximate surface area is 228 Å². The van der Waals surface area contributed by atoms with Crippen molar-refractivity contribution in [1.29, 1.82) is 0 Å². The number of benzene rings is 2. The summed E-state index contributed by atoms with van der Waals surface area (Å²) in [6.45, 7) is 4.68. The van der Waals surface area contributed by atoms with Gasteiger partial charge in [-0.1, -0.05) is 61.3 Å². The van der Waals surface area contributed by atoms with Gasteiger partial charge in [-0.2, -0.15) is 14.1 Å². The maximum absolute atomic E-state index is 13.5. The van der Waals surface area contributed by atoms with E-state index >= 15 is 0 Å². The number of sulfonamides is 1. The molecule has 38 heavy (non-hydrogen) atoms. The molecule has 1 aromatic heterocycles. The van der Waals surface area contributed by atoms with Crippen LogP contribution in [-0.4, -0.2) is 68.5 Å². The average molecular weight is 561 g/mol. The van der Waals surface area contributed by atoms with E-state index in [0.717, 1.165) is 18.4 Å². The van der Waals surface area contributed by atoms with Gasteiger partial charge in [-0.25, -0.2) is 8.42 Å². The number of hydrogen-bond acceptors (Lipinski definition) is 7. The summed E-state index contributed by atoms with van der Waals surface area (Å²) in [5, 5.41) is 4.86. The maximum Gasteiger partial charge on any atom is 0.316 e. The maximum atomic E-state index is 13.5. The number of nitrogens with zero attached hydrogens (tertiary/aromatic N) is 4. The molecule has 3 aromatic rings. The molecular formula is C27H33ClN4O5S. The average Bonchev–Trinajstić information content (AvgIpc) is 2.91. The molecule has 0 aliphatic carbocycles. The zero-order chi connectivity index (χ0) is 27.0. The Hall–Kier alpha value is -2.92. The summed E-state index contributed by atoms with van der Waals surface area (Å²) in [6, 6.07) is 16.0.